The van der Waals surface area contributed by atoms with Gasteiger partial charge in [-0.05, 0) is 106 Å². The minimum Gasteiger partial charge on any atom is -0.461 e. The molecule has 262 valence electrons. The van der Waals surface area contributed by atoms with Crippen LogP contribution in [-0.4, -0.2) is 57.1 Å². The van der Waals surface area contributed by atoms with Gasteiger partial charge in [0.25, 0.3) is 0 Å². The van der Waals surface area contributed by atoms with E-state index in [0.29, 0.717) is 17.3 Å². The molecule has 5 rings (SSSR count). The average molecular weight is 653 g/mol. The standard InChI is InChI=1S/C38H60N4O5/c1-24(8-7-16-36(3,4)46)30-11-12-31-29-10-9-26-20-28(13-17-37(26,5)32(29)14-18-38(30,31)6)47-35(45)33(21-27-22-39-23-41-27)42-34(44)15-19-40-25(2)43/h9,22-24,28-33,46H,7-8,10-21H2,1-6H3,(H,39,41)(H,40,43)(H,42,44)/t24-,28+,29+,30-,31+,32+,33+,37+,38-/m1/s1. The number of allylic oxidation sites excluding steroid dienone is 1. The number of ether oxygens (including phenoxy) is 1. The zero-order chi connectivity index (χ0) is 34.0. The average Bonchev–Trinajstić information content (AvgIpc) is 3.63. The molecule has 1 heterocycles. The minimum absolute atomic E-state index is 0.0886. The largest absolute Gasteiger partial charge is 0.461 e. The van der Waals surface area contributed by atoms with Gasteiger partial charge in [-0.3, -0.25) is 9.59 Å². The van der Waals surface area contributed by atoms with Crippen LogP contribution in [-0.2, 0) is 25.5 Å². The Bertz CT molecular complexity index is 1290. The number of hydrogen-bond acceptors (Lipinski definition) is 6. The Hall–Kier alpha value is -2.68. The fourth-order valence-electron chi connectivity index (χ4n) is 10.4. The maximum Gasteiger partial charge on any atom is 0.329 e. The lowest BCUT2D eigenvalue weighted by Crippen LogP contribution is -2.51. The molecule has 0 saturated heterocycles. The number of nitrogens with zero attached hydrogens (tertiary/aromatic N) is 1. The first-order chi connectivity index (χ1) is 22.2. The van der Waals surface area contributed by atoms with Gasteiger partial charge in [-0.2, -0.15) is 0 Å². The number of aliphatic hydroxyl groups is 1. The van der Waals surface area contributed by atoms with E-state index in [0.717, 1.165) is 62.0 Å². The van der Waals surface area contributed by atoms with Crippen molar-refractivity contribution < 1.29 is 24.2 Å². The van der Waals surface area contributed by atoms with E-state index in [-0.39, 0.29) is 42.7 Å². The summed E-state index contributed by atoms with van der Waals surface area (Å²) in [6.45, 7) is 13.0. The highest BCUT2D eigenvalue weighted by Crippen LogP contribution is 2.67. The Balaban J connectivity index is 1.20. The van der Waals surface area contributed by atoms with Gasteiger partial charge in [-0.15, -0.1) is 0 Å². The summed E-state index contributed by atoms with van der Waals surface area (Å²) < 4.78 is 6.14. The number of rotatable bonds is 13. The minimum atomic E-state index is -0.831. The first-order valence-corrected chi connectivity index (χ1v) is 18.3. The van der Waals surface area contributed by atoms with Crippen LogP contribution in [0.4, 0.5) is 0 Å². The molecule has 47 heavy (non-hydrogen) atoms. The Morgan fingerprint density at radius 2 is 1.94 bits per heavy atom. The van der Waals surface area contributed by atoms with Gasteiger partial charge in [0.1, 0.15) is 12.1 Å². The Morgan fingerprint density at radius 1 is 1.15 bits per heavy atom. The molecule has 9 heteroatoms. The summed E-state index contributed by atoms with van der Waals surface area (Å²) in [6, 6.07) is -0.831. The quantitative estimate of drug-likeness (QED) is 0.152. The van der Waals surface area contributed by atoms with Crippen molar-refractivity contribution in [1.82, 2.24) is 20.6 Å². The second-order valence-electron chi connectivity index (χ2n) is 16.6. The molecule has 0 unspecified atom stereocenters. The van der Waals surface area contributed by atoms with Gasteiger partial charge >= 0.3 is 5.97 Å². The second-order valence-corrected chi connectivity index (χ2v) is 16.6. The molecule has 4 N–H and O–H groups in total. The lowest BCUT2D eigenvalue weighted by atomic mass is 9.47. The molecule has 4 aliphatic carbocycles. The van der Waals surface area contributed by atoms with Gasteiger partial charge in [0, 0.05) is 44.6 Å². The summed E-state index contributed by atoms with van der Waals surface area (Å²) in [5.41, 5.74) is 2.18. The molecular formula is C38H60N4O5. The number of carbonyl (C=O) groups excluding carboxylic acids is 3. The monoisotopic (exact) mass is 652 g/mol. The van der Waals surface area contributed by atoms with E-state index in [4.69, 9.17) is 4.74 Å². The molecular weight excluding hydrogens is 592 g/mol. The van der Waals surface area contributed by atoms with Gasteiger partial charge < -0.3 is 25.5 Å². The molecule has 4 aliphatic rings. The van der Waals surface area contributed by atoms with Crippen molar-refractivity contribution in [1.29, 1.82) is 0 Å². The molecule has 9 nitrogen and oxygen atoms in total. The first kappa shape index (κ1) is 35.6. The smallest absolute Gasteiger partial charge is 0.329 e. The third-order valence-corrected chi connectivity index (χ3v) is 12.9. The van der Waals surface area contributed by atoms with Gasteiger partial charge in [0.2, 0.25) is 11.8 Å². The topological polar surface area (TPSA) is 133 Å². The molecule has 2 amide bonds. The molecule has 1 aromatic rings. The number of H-pyrrole nitrogens is 1. The Labute approximate surface area is 281 Å². The summed E-state index contributed by atoms with van der Waals surface area (Å²) in [5.74, 6) is 2.71. The molecule has 0 aliphatic heterocycles. The van der Waals surface area contributed by atoms with E-state index >= 15 is 0 Å². The third-order valence-electron chi connectivity index (χ3n) is 12.9. The molecule has 0 spiro atoms. The summed E-state index contributed by atoms with van der Waals surface area (Å²) in [5, 5.41) is 15.7. The van der Waals surface area contributed by atoms with Crippen molar-refractivity contribution in [2.24, 2.45) is 40.4 Å². The van der Waals surface area contributed by atoms with Crippen LogP contribution in [0.2, 0.25) is 0 Å². The highest BCUT2D eigenvalue weighted by atomic mass is 16.5. The lowest BCUT2D eigenvalue weighted by Gasteiger charge is -2.58. The van der Waals surface area contributed by atoms with E-state index in [2.05, 4.69) is 47.4 Å². The molecule has 9 atom stereocenters. The third kappa shape index (κ3) is 8.14. The van der Waals surface area contributed by atoms with Gasteiger partial charge in [0.05, 0.1) is 11.9 Å². The number of imidazole rings is 1. The maximum atomic E-state index is 13.5. The predicted molar refractivity (Wildman–Crippen MR) is 182 cm³/mol. The van der Waals surface area contributed by atoms with Crippen molar-refractivity contribution in [2.75, 3.05) is 6.54 Å². The summed E-state index contributed by atoms with van der Waals surface area (Å²) >= 11 is 0. The normalized spacial score (nSPS) is 33.0. The number of amides is 2. The number of nitrogens with one attached hydrogen (secondary N) is 3. The van der Waals surface area contributed by atoms with Crippen molar-refractivity contribution in [3.05, 3.63) is 29.9 Å². The van der Waals surface area contributed by atoms with Crippen molar-refractivity contribution in [3.63, 3.8) is 0 Å². The van der Waals surface area contributed by atoms with E-state index in [1.807, 2.05) is 13.8 Å². The Morgan fingerprint density at radius 3 is 2.64 bits per heavy atom. The first-order valence-electron chi connectivity index (χ1n) is 18.3. The fraction of sp³-hybridized carbons (Fsp3) is 0.789. The van der Waals surface area contributed by atoms with Gasteiger partial charge in [-0.1, -0.05) is 45.3 Å². The number of esters is 1. The van der Waals surface area contributed by atoms with E-state index < -0.39 is 17.6 Å². The number of aromatic nitrogens is 2. The van der Waals surface area contributed by atoms with Gasteiger partial charge in [-0.25, -0.2) is 9.78 Å². The fourth-order valence-corrected chi connectivity index (χ4v) is 10.4. The SMILES string of the molecule is CC(=O)NCCC(=O)N[C@@H](Cc1cnc[nH]1)C(=O)O[C@H]1CC[C@@]2(C)C(=CC[C@H]3[C@@H]4CC[C@H]([C@H](C)CCCC(C)(C)O)[C@@]4(C)CC[C@@H]32)C1. The maximum absolute atomic E-state index is 13.5. The van der Waals surface area contributed by atoms with Crippen LogP contribution in [0.1, 0.15) is 124 Å². The molecule has 0 radical (unpaired) electrons. The molecule has 1 aromatic heterocycles. The number of hydrogen-bond donors (Lipinski definition) is 4. The molecule has 0 bridgehead atoms. The number of carbonyl (C=O) groups is 3. The van der Waals surface area contributed by atoms with E-state index in [1.54, 1.807) is 12.5 Å². The highest BCUT2D eigenvalue weighted by molar-refractivity contribution is 5.85. The van der Waals surface area contributed by atoms with Crippen LogP contribution in [0.3, 0.4) is 0 Å². The van der Waals surface area contributed by atoms with Crippen LogP contribution in [0.25, 0.3) is 0 Å². The van der Waals surface area contributed by atoms with Crippen molar-refractivity contribution in [3.8, 4) is 0 Å². The molecule has 0 aromatic carbocycles. The molecule has 3 saturated carbocycles. The van der Waals surface area contributed by atoms with Gasteiger partial charge in [0.15, 0.2) is 0 Å². The van der Waals surface area contributed by atoms with Crippen molar-refractivity contribution in [2.45, 2.75) is 143 Å². The van der Waals surface area contributed by atoms with Crippen LogP contribution in [0.5, 0.6) is 0 Å². The lowest BCUT2D eigenvalue weighted by molar-refractivity contribution is -0.155. The summed E-state index contributed by atoms with van der Waals surface area (Å²) in [7, 11) is 0. The second kappa shape index (κ2) is 14.4. The predicted octanol–water partition coefficient (Wildman–Crippen LogP) is 6.03. The molecule has 3 fully saturated rings. The summed E-state index contributed by atoms with van der Waals surface area (Å²) in [6.07, 6.45) is 18.0. The van der Waals surface area contributed by atoms with E-state index in [9.17, 15) is 19.5 Å². The van der Waals surface area contributed by atoms with Crippen LogP contribution in [0.15, 0.2) is 24.2 Å². The van der Waals surface area contributed by atoms with Crippen LogP contribution < -0.4 is 10.6 Å². The number of aromatic amines is 1. The van der Waals surface area contributed by atoms with E-state index in [1.165, 1.54) is 44.6 Å². The van der Waals surface area contributed by atoms with Crippen molar-refractivity contribution >= 4 is 17.8 Å². The number of fused-ring (bicyclic) bond motifs is 5. The summed E-state index contributed by atoms with van der Waals surface area (Å²) in [4.78, 5) is 44.4. The van der Waals surface area contributed by atoms with Crippen LogP contribution >= 0.6 is 0 Å². The van der Waals surface area contributed by atoms with Crippen LogP contribution in [0, 0.1) is 40.4 Å². The zero-order valence-electron chi connectivity index (χ0n) is 29.7. The Kier molecular flexibility index (Phi) is 10.9. The highest BCUT2D eigenvalue weighted by Gasteiger charge is 2.59. The zero-order valence-corrected chi connectivity index (χ0v) is 29.7.